The summed E-state index contributed by atoms with van der Waals surface area (Å²) in [5.41, 5.74) is 0.797. The lowest BCUT2D eigenvalue weighted by molar-refractivity contribution is 0.175. The van der Waals surface area contributed by atoms with Crippen LogP contribution in [-0.2, 0) is 16.6 Å². The molecule has 1 aliphatic heterocycles. The van der Waals surface area contributed by atoms with Crippen molar-refractivity contribution in [1.82, 2.24) is 15.1 Å². The zero-order valence-corrected chi connectivity index (χ0v) is 13.9. The Kier molecular flexibility index (Phi) is 3.45. The van der Waals surface area contributed by atoms with Gasteiger partial charge >= 0.3 is 0 Å². The van der Waals surface area contributed by atoms with Crippen molar-refractivity contribution < 1.29 is 13.7 Å². The maximum absolute atomic E-state index is 5.80. The highest BCUT2D eigenvalue weighted by atomic mass is 16.5. The second-order valence-corrected chi connectivity index (χ2v) is 6.88. The van der Waals surface area contributed by atoms with Crippen molar-refractivity contribution >= 4 is 0 Å². The molecular weight excluding hydrogens is 318 g/mol. The number of rotatable bonds is 5. The van der Waals surface area contributed by atoms with Gasteiger partial charge in [0.2, 0.25) is 5.89 Å². The van der Waals surface area contributed by atoms with E-state index in [2.05, 4.69) is 27.3 Å². The minimum absolute atomic E-state index is 0.354. The van der Waals surface area contributed by atoms with Gasteiger partial charge in [0.15, 0.2) is 11.7 Å². The van der Waals surface area contributed by atoms with Crippen molar-refractivity contribution in [3.05, 3.63) is 65.5 Å². The van der Waals surface area contributed by atoms with Crippen LogP contribution in [0.2, 0.25) is 0 Å². The number of hydrogen-bond acceptors (Lipinski definition) is 6. The summed E-state index contributed by atoms with van der Waals surface area (Å²) in [4.78, 5) is 9.01. The molecule has 1 unspecified atom stereocenters. The Labute approximate surface area is 145 Å². The Morgan fingerprint density at radius 1 is 1.16 bits per heavy atom. The fraction of sp³-hybridized carbons (Fsp3) is 0.421. The van der Waals surface area contributed by atoms with Gasteiger partial charge in [-0.1, -0.05) is 35.5 Å². The van der Waals surface area contributed by atoms with Crippen LogP contribution in [0.4, 0.5) is 0 Å². The van der Waals surface area contributed by atoms with Crippen LogP contribution in [0.25, 0.3) is 0 Å². The van der Waals surface area contributed by atoms with Crippen LogP contribution in [0.3, 0.4) is 0 Å². The Morgan fingerprint density at radius 2 is 2.04 bits per heavy atom. The molecule has 1 aromatic carbocycles. The van der Waals surface area contributed by atoms with Crippen molar-refractivity contribution in [3.8, 4) is 0 Å². The van der Waals surface area contributed by atoms with E-state index in [0.717, 1.165) is 23.6 Å². The van der Waals surface area contributed by atoms with Gasteiger partial charge in [-0.25, -0.2) is 4.98 Å². The molecule has 1 aliphatic carbocycles. The van der Waals surface area contributed by atoms with Crippen LogP contribution in [0.15, 0.2) is 45.5 Å². The van der Waals surface area contributed by atoms with Crippen molar-refractivity contribution in [2.75, 3.05) is 13.2 Å². The molecule has 0 spiro atoms. The van der Waals surface area contributed by atoms with E-state index in [1.807, 2.05) is 18.2 Å². The Morgan fingerprint density at radius 3 is 2.80 bits per heavy atom. The molecule has 25 heavy (non-hydrogen) atoms. The topological polar surface area (TPSA) is 74.2 Å². The minimum atomic E-state index is -0.354. The summed E-state index contributed by atoms with van der Waals surface area (Å²) in [6.45, 7) is 1.26. The number of oxazole rings is 1. The summed E-state index contributed by atoms with van der Waals surface area (Å²) in [6.07, 6.45) is 5.45. The highest BCUT2D eigenvalue weighted by molar-refractivity contribution is 5.33. The lowest BCUT2D eigenvalue weighted by Crippen LogP contribution is -2.28. The first-order valence-electron chi connectivity index (χ1n) is 8.74. The van der Waals surface area contributed by atoms with Crippen LogP contribution < -0.4 is 0 Å². The zero-order valence-electron chi connectivity index (χ0n) is 13.9. The van der Waals surface area contributed by atoms with Crippen molar-refractivity contribution in [3.63, 3.8) is 0 Å². The third kappa shape index (κ3) is 2.66. The maximum Gasteiger partial charge on any atom is 0.239 e. The second kappa shape index (κ2) is 5.81. The molecule has 2 aromatic heterocycles. The average molecular weight is 337 g/mol. The number of ether oxygens (including phenoxy) is 1. The van der Waals surface area contributed by atoms with E-state index in [1.165, 1.54) is 12.8 Å². The molecule has 0 N–H and O–H groups in total. The Hall–Kier alpha value is -2.47. The molecule has 1 saturated carbocycles. The quantitative estimate of drug-likeness (QED) is 0.711. The molecule has 1 saturated heterocycles. The summed E-state index contributed by atoms with van der Waals surface area (Å²) >= 11 is 0. The summed E-state index contributed by atoms with van der Waals surface area (Å²) in [7, 11) is 0. The van der Waals surface area contributed by atoms with Gasteiger partial charge in [0, 0.05) is 12.5 Å². The fourth-order valence-electron chi connectivity index (χ4n) is 3.44. The van der Waals surface area contributed by atoms with Gasteiger partial charge in [0.1, 0.15) is 5.76 Å². The van der Waals surface area contributed by atoms with Crippen molar-refractivity contribution in [1.29, 1.82) is 0 Å². The van der Waals surface area contributed by atoms with Gasteiger partial charge in [0.25, 0.3) is 0 Å². The maximum atomic E-state index is 5.80. The van der Waals surface area contributed by atoms with Crippen molar-refractivity contribution in [2.24, 2.45) is 0 Å². The normalized spacial score (nSPS) is 23.2. The molecule has 0 bridgehead atoms. The van der Waals surface area contributed by atoms with E-state index < -0.39 is 0 Å². The monoisotopic (exact) mass is 337 g/mol. The number of nitrogens with zero attached hydrogens (tertiary/aromatic N) is 3. The van der Waals surface area contributed by atoms with Gasteiger partial charge in [-0.2, -0.15) is 4.98 Å². The lowest BCUT2D eigenvalue weighted by atomic mass is 9.79. The number of hydrogen-bond donors (Lipinski definition) is 0. The predicted octanol–water partition coefficient (Wildman–Crippen LogP) is 3.23. The van der Waals surface area contributed by atoms with E-state index in [4.69, 9.17) is 13.7 Å². The molecule has 2 fully saturated rings. The number of benzene rings is 1. The highest BCUT2D eigenvalue weighted by Gasteiger charge is 2.43. The summed E-state index contributed by atoms with van der Waals surface area (Å²) in [5, 5.41) is 4.17. The molecule has 3 aromatic rings. The largest absolute Gasteiger partial charge is 0.445 e. The first-order valence-corrected chi connectivity index (χ1v) is 8.74. The predicted molar refractivity (Wildman–Crippen MR) is 88.2 cm³/mol. The van der Waals surface area contributed by atoms with Gasteiger partial charge in [-0.05, 0) is 24.8 Å². The SMILES string of the molecule is c1ccc(C2(c3nc(Cc4cnc(C5CC5)o4)no3)CCOC2)cc1. The highest BCUT2D eigenvalue weighted by Crippen LogP contribution is 2.40. The first kappa shape index (κ1) is 14.8. The van der Waals surface area contributed by atoms with Gasteiger partial charge < -0.3 is 13.7 Å². The molecule has 1 atom stereocenters. The molecule has 128 valence electrons. The molecule has 6 heteroatoms. The van der Waals surface area contributed by atoms with Crippen LogP contribution in [0.5, 0.6) is 0 Å². The van der Waals surface area contributed by atoms with Crippen LogP contribution >= 0.6 is 0 Å². The minimum Gasteiger partial charge on any atom is -0.445 e. The molecule has 6 nitrogen and oxygen atoms in total. The molecule has 2 aliphatic rings. The lowest BCUT2D eigenvalue weighted by Gasteiger charge is -2.23. The van der Waals surface area contributed by atoms with E-state index in [0.29, 0.717) is 37.3 Å². The second-order valence-electron chi connectivity index (χ2n) is 6.88. The Bertz CT molecular complexity index is 861. The molecule has 3 heterocycles. The molecular formula is C19H19N3O3. The van der Waals surface area contributed by atoms with Crippen molar-refractivity contribution in [2.45, 2.75) is 37.0 Å². The van der Waals surface area contributed by atoms with E-state index in [1.54, 1.807) is 6.20 Å². The van der Waals surface area contributed by atoms with Crippen LogP contribution in [0.1, 0.15) is 54.1 Å². The molecule has 0 amide bonds. The van der Waals surface area contributed by atoms with Gasteiger partial charge in [-0.15, -0.1) is 0 Å². The fourth-order valence-corrected chi connectivity index (χ4v) is 3.44. The summed E-state index contributed by atoms with van der Waals surface area (Å²) in [6, 6.07) is 10.3. The van der Waals surface area contributed by atoms with Crippen LogP contribution in [0, 0.1) is 0 Å². The standard InChI is InChI=1S/C19H19N3O3/c1-2-4-14(5-3-1)19(8-9-23-12-19)18-21-16(22-25-18)10-15-11-20-17(24-15)13-6-7-13/h1-5,11,13H,6-10,12H2. The molecule has 5 rings (SSSR count). The van der Waals surface area contributed by atoms with E-state index in [-0.39, 0.29) is 5.41 Å². The zero-order chi connectivity index (χ0) is 16.7. The third-order valence-corrected chi connectivity index (χ3v) is 5.06. The smallest absolute Gasteiger partial charge is 0.239 e. The Balaban J connectivity index is 1.42. The third-order valence-electron chi connectivity index (χ3n) is 5.06. The average Bonchev–Trinajstić information content (AvgIpc) is 3.07. The summed E-state index contributed by atoms with van der Waals surface area (Å²) in [5.74, 6) is 3.37. The van der Waals surface area contributed by atoms with E-state index >= 15 is 0 Å². The number of aromatic nitrogens is 3. The van der Waals surface area contributed by atoms with Gasteiger partial charge in [-0.3, -0.25) is 0 Å². The van der Waals surface area contributed by atoms with Crippen LogP contribution in [-0.4, -0.2) is 28.3 Å². The first-order chi connectivity index (χ1) is 12.3. The van der Waals surface area contributed by atoms with Gasteiger partial charge in [0.05, 0.1) is 24.6 Å². The summed E-state index contributed by atoms with van der Waals surface area (Å²) < 4.78 is 17.1. The molecule has 0 radical (unpaired) electrons. The van der Waals surface area contributed by atoms with E-state index in [9.17, 15) is 0 Å².